The highest BCUT2D eigenvalue weighted by molar-refractivity contribution is 5.85. The van der Waals surface area contributed by atoms with Crippen LogP contribution in [-0.2, 0) is 11.2 Å². The lowest BCUT2D eigenvalue weighted by atomic mass is 9.65. The fourth-order valence-corrected chi connectivity index (χ4v) is 4.55. The Morgan fingerprint density at radius 2 is 2.09 bits per heavy atom. The number of carbonyl (C=O) groups excluding carboxylic acids is 1. The van der Waals surface area contributed by atoms with Gasteiger partial charge in [0.2, 0.25) is 5.91 Å². The predicted molar refractivity (Wildman–Crippen MR) is 90.8 cm³/mol. The van der Waals surface area contributed by atoms with E-state index in [1.165, 1.54) is 6.42 Å². The quantitative estimate of drug-likeness (QED) is 0.910. The van der Waals surface area contributed by atoms with E-state index in [2.05, 4.69) is 30.7 Å². The van der Waals surface area contributed by atoms with E-state index in [4.69, 9.17) is 5.73 Å². The van der Waals surface area contributed by atoms with E-state index < -0.39 is 0 Å². The van der Waals surface area contributed by atoms with Gasteiger partial charge in [0.05, 0.1) is 18.3 Å². The smallest absolute Gasteiger partial charge is 0.228 e. The number of carbonyl (C=O) groups is 1. The molecule has 1 saturated carbocycles. The summed E-state index contributed by atoms with van der Waals surface area (Å²) < 4.78 is 0. The van der Waals surface area contributed by atoms with E-state index in [-0.39, 0.29) is 23.7 Å². The lowest BCUT2D eigenvalue weighted by Crippen LogP contribution is -2.38. The second-order valence-corrected chi connectivity index (χ2v) is 8.00. The summed E-state index contributed by atoms with van der Waals surface area (Å²) in [4.78, 5) is 19.0. The molecule has 122 valence electrons. The van der Waals surface area contributed by atoms with Crippen LogP contribution in [0.15, 0.2) is 18.3 Å². The van der Waals surface area contributed by atoms with Gasteiger partial charge in [0.25, 0.3) is 0 Å². The number of rotatable bonds is 2. The first-order valence-electron chi connectivity index (χ1n) is 7.76. The Morgan fingerprint density at radius 3 is 2.73 bits per heavy atom. The molecule has 2 bridgehead atoms. The second-order valence-electron chi connectivity index (χ2n) is 8.00. The molecule has 5 heteroatoms. The van der Waals surface area contributed by atoms with E-state index in [1.807, 2.05) is 12.1 Å². The Balaban J connectivity index is 0.00000176. The van der Waals surface area contributed by atoms with E-state index in [0.717, 1.165) is 25.1 Å². The molecule has 2 heterocycles. The minimum Gasteiger partial charge on any atom is -0.397 e. The number of nitrogens with two attached hydrogens (primary N) is 1. The number of aromatic nitrogens is 1. The highest BCUT2D eigenvalue weighted by Crippen LogP contribution is 2.52. The summed E-state index contributed by atoms with van der Waals surface area (Å²) in [5.41, 5.74) is 7.71. The summed E-state index contributed by atoms with van der Waals surface area (Å²) >= 11 is 0. The number of fused-ring (bicyclic) bond motifs is 2. The number of amides is 1. The van der Waals surface area contributed by atoms with Gasteiger partial charge < -0.3 is 10.6 Å². The topological polar surface area (TPSA) is 59.2 Å². The molecule has 22 heavy (non-hydrogen) atoms. The van der Waals surface area contributed by atoms with Crippen molar-refractivity contribution in [1.82, 2.24) is 9.88 Å². The van der Waals surface area contributed by atoms with Crippen LogP contribution in [0.4, 0.5) is 5.69 Å². The molecule has 4 nitrogen and oxygen atoms in total. The van der Waals surface area contributed by atoms with Crippen molar-refractivity contribution in [2.45, 2.75) is 52.5 Å². The van der Waals surface area contributed by atoms with Crippen LogP contribution in [0.3, 0.4) is 0 Å². The zero-order valence-corrected chi connectivity index (χ0v) is 14.4. The Bertz CT molecular complexity index is 558. The van der Waals surface area contributed by atoms with Crippen molar-refractivity contribution in [3.05, 3.63) is 24.0 Å². The van der Waals surface area contributed by atoms with E-state index in [0.29, 0.717) is 23.6 Å². The maximum atomic E-state index is 12.7. The number of halogens is 1. The monoisotopic (exact) mass is 323 g/mol. The van der Waals surface area contributed by atoms with Gasteiger partial charge in [-0.05, 0) is 42.2 Å². The first kappa shape index (κ1) is 17.1. The molecule has 2 fully saturated rings. The Hall–Kier alpha value is -1.29. The molecule has 1 aromatic heterocycles. The molecule has 1 saturated heterocycles. The third-order valence-corrected chi connectivity index (χ3v) is 4.92. The molecule has 0 radical (unpaired) electrons. The van der Waals surface area contributed by atoms with Crippen molar-refractivity contribution >= 4 is 24.0 Å². The highest BCUT2D eigenvalue weighted by Gasteiger charge is 2.50. The Kier molecular flexibility index (Phi) is 4.44. The lowest BCUT2D eigenvalue weighted by molar-refractivity contribution is -0.131. The van der Waals surface area contributed by atoms with E-state index in [1.54, 1.807) is 6.20 Å². The van der Waals surface area contributed by atoms with Crippen LogP contribution in [-0.4, -0.2) is 28.4 Å². The third-order valence-electron chi connectivity index (χ3n) is 4.92. The van der Waals surface area contributed by atoms with Crippen LogP contribution in [0, 0.1) is 10.8 Å². The Morgan fingerprint density at radius 1 is 1.36 bits per heavy atom. The number of likely N-dealkylation sites (tertiary alicyclic amines) is 1. The molecule has 0 spiro atoms. The van der Waals surface area contributed by atoms with Crippen molar-refractivity contribution in [2.75, 3.05) is 12.3 Å². The van der Waals surface area contributed by atoms with Crippen LogP contribution < -0.4 is 5.73 Å². The van der Waals surface area contributed by atoms with Gasteiger partial charge in [0.15, 0.2) is 0 Å². The number of nitrogen functional groups attached to an aromatic ring is 1. The molecule has 2 aliphatic rings. The van der Waals surface area contributed by atoms with Crippen molar-refractivity contribution < 1.29 is 4.79 Å². The molecule has 3 rings (SSSR count). The minimum atomic E-state index is 0. The summed E-state index contributed by atoms with van der Waals surface area (Å²) in [6.07, 6.45) is 5.48. The largest absolute Gasteiger partial charge is 0.397 e. The number of pyridine rings is 1. The first-order chi connectivity index (χ1) is 9.76. The van der Waals surface area contributed by atoms with E-state index in [9.17, 15) is 4.79 Å². The molecule has 2 atom stereocenters. The number of anilines is 1. The average molecular weight is 324 g/mol. The van der Waals surface area contributed by atoms with Crippen molar-refractivity contribution in [2.24, 2.45) is 10.8 Å². The molecular formula is C17H26ClN3O. The fraction of sp³-hybridized carbons (Fsp3) is 0.647. The molecule has 2 unspecified atom stereocenters. The second kappa shape index (κ2) is 5.73. The van der Waals surface area contributed by atoms with Crippen molar-refractivity contribution in [1.29, 1.82) is 0 Å². The third kappa shape index (κ3) is 3.37. The van der Waals surface area contributed by atoms with Gasteiger partial charge in [0.1, 0.15) is 0 Å². The molecule has 1 aromatic rings. The number of nitrogens with zero attached hydrogens (tertiary/aromatic N) is 2. The molecule has 1 aliphatic carbocycles. The van der Waals surface area contributed by atoms with Gasteiger partial charge >= 0.3 is 0 Å². The van der Waals surface area contributed by atoms with Gasteiger partial charge in [-0.1, -0.05) is 20.8 Å². The SMILES string of the molecule is CC1(C)CC2CC(C)(CN2C(=O)Cc2ccc(N)cn2)C1.Cl. The lowest BCUT2D eigenvalue weighted by Gasteiger charge is -2.39. The maximum absolute atomic E-state index is 12.7. The predicted octanol–water partition coefficient (Wildman–Crippen LogP) is 3.06. The average Bonchev–Trinajstić information content (AvgIpc) is 2.61. The van der Waals surface area contributed by atoms with Crippen molar-refractivity contribution in [3.63, 3.8) is 0 Å². The van der Waals surface area contributed by atoms with Crippen LogP contribution in [0.2, 0.25) is 0 Å². The maximum Gasteiger partial charge on any atom is 0.228 e. The summed E-state index contributed by atoms with van der Waals surface area (Å²) in [5.74, 6) is 0.207. The number of hydrogen-bond acceptors (Lipinski definition) is 3. The molecule has 0 aromatic carbocycles. The van der Waals surface area contributed by atoms with E-state index >= 15 is 0 Å². The molecular weight excluding hydrogens is 298 g/mol. The highest BCUT2D eigenvalue weighted by atomic mass is 35.5. The van der Waals surface area contributed by atoms with Crippen LogP contribution >= 0.6 is 12.4 Å². The number of hydrogen-bond donors (Lipinski definition) is 1. The van der Waals surface area contributed by atoms with Crippen LogP contribution in [0.25, 0.3) is 0 Å². The van der Waals surface area contributed by atoms with Gasteiger partial charge in [-0.2, -0.15) is 0 Å². The van der Waals surface area contributed by atoms with Gasteiger partial charge in [-0.15, -0.1) is 12.4 Å². The van der Waals surface area contributed by atoms with Crippen LogP contribution in [0.1, 0.15) is 45.7 Å². The van der Waals surface area contributed by atoms with Gasteiger partial charge in [-0.25, -0.2) is 0 Å². The zero-order valence-electron chi connectivity index (χ0n) is 13.6. The Labute approximate surface area is 138 Å². The minimum absolute atomic E-state index is 0. The van der Waals surface area contributed by atoms with Gasteiger partial charge in [-0.3, -0.25) is 9.78 Å². The van der Waals surface area contributed by atoms with Crippen molar-refractivity contribution in [3.8, 4) is 0 Å². The normalized spacial score (nSPS) is 29.0. The zero-order chi connectivity index (χ0) is 15.3. The fourth-order valence-electron chi connectivity index (χ4n) is 4.55. The standard InChI is InChI=1S/C17H25N3O.ClH/c1-16(2)7-14-8-17(3,10-16)11-20(14)15(21)6-13-5-4-12(18)9-19-13;/h4-5,9,14H,6-8,10-11,18H2,1-3H3;1H. The summed E-state index contributed by atoms with van der Waals surface area (Å²) in [6, 6.07) is 4.06. The molecule has 1 aliphatic heterocycles. The molecule has 1 amide bonds. The summed E-state index contributed by atoms with van der Waals surface area (Å²) in [7, 11) is 0. The summed E-state index contributed by atoms with van der Waals surface area (Å²) in [5, 5.41) is 0. The first-order valence-corrected chi connectivity index (χ1v) is 7.76. The molecule has 2 N–H and O–H groups in total. The summed E-state index contributed by atoms with van der Waals surface area (Å²) in [6.45, 7) is 7.88. The van der Waals surface area contributed by atoms with Crippen LogP contribution in [0.5, 0.6) is 0 Å². The van der Waals surface area contributed by atoms with Gasteiger partial charge in [0, 0.05) is 18.3 Å².